The number of benzene rings is 2. The van der Waals surface area contributed by atoms with Crippen LogP contribution in [0.1, 0.15) is 22.3 Å². The highest BCUT2D eigenvalue weighted by Crippen LogP contribution is 2.34. The molecule has 1 heteroatoms. The average molecular weight is 226 g/mol. The molecule has 0 heterocycles. The van der Waals surface area contributed by atoms with Crippen molar-refractivity contribution >= 4 is 0 Å². The minimum Gasteiger partial charge on any atom is -0.508 e. The minimum absolute atomic E-state index is 0.343. The summed E-state index contributed by atoms with van der Waals surface area (Å²) in [7, 11) is 0. The zero-order chi connectivity index (χ0) is 12.6. The molecule has 0 radical (unpaired) electrons. The fraction of sp³-hybridized carbons (Fsp3) is 0.250. The monoisotopic (exact) mass is 226 g/mol. The first-order valence-electron chi connectivity index (χ1n) is 5.87. The van der Waals surface area contributed by atoms with Crippen molar-refractivity contribution in [1.29, 1.82) is 0 Å². The summed E-state index contributed by atoms with van der Waals surface area (Å²) in [5, 5.41) is 9.60. The molecule has 2 rings (SSSR count). The molecule has 0 fully saturated rings. The molecule has 1 nitrogen and oxygen atoms in total. The molecule has 0 saturated carbocycles. The van der Waals surface area contributed by atoms with Crippen molar-refractivity contribution in [3.8, 4) is 16.9 Å². The minimum atomic E-state index is 0.343. The normalized spacial score (nSPS) is 10.6. The molecule has 2 aromatic carbocycles. The zero-order valence-corrected chi connectivity index (χ0v) is 10.8. The van der Waals surface area contributed by atoms with Gasteiger partial charge in [0.25, 0.3) is 0 Å². The Morgan fingerprint density at radius 2 is 1.12 bits per heavy atom. The average Bonchev–Trinajstić information content (AvgIpc) is 2.21. The van der Waals surface area contributed by atoms with Crippen LogP contribution in [0.2, 0.25) is 0 Å². The predicted octanol–water partition coefficient (Wildman–Crippen LogP) is 4.29. The summed E-state index contributed by atoms with van der Waals surface area (Å²) in [5.41, 5.74) is 7.35. The third-order valence-electron chi connectivity index (χ3n) is 3.25. The van der Waals surface area contributed by atoms with Crippen LogP contribution in [0.25, 0.3) is 11.1 Å². The highest BCUT2D eigenvalue weighted by atomic mass is 16.3. The Kier molecular flexibility index (Phi) is 2.93. The van der Waals surface area contributed by atoms with Crippen molar-refractivity contribution in [3.63, 3.8) is 0 Å². The second-order valence-corrected chi connectivity index (χ2v) is 4.72. The molecule has 0 aliphatic heterocycles. The van der Waals surface area contributed by atoms with Crippen molar-refractivity contribution in [2.45, 2.75) is 27.7 Å². The maximum atomic E-state index is 9.60. The Labute approximate surface area is 103 Å². The molecule has 0 aromatic heterocycles. The van der Waals surface area contributed by atoms with E-state index in [0.29, 0.717) is 5.75 Å². The lowest BCUT2D eigenvalue weighted by Crippen LogP contribution is -1.93. The summed E-state index contributed by atoms with van der Waals surface area (Å²) in [6.07, 6.45) is 0. The first-order valence-corrected chi connectivity index (χ1v) is 5.87. The largest absolute Gasteiger partial charge is 0.508 e. The Hall–Kier alpha value is -1.76. The Morgan fingerprint density at radius 3 is 1.59 bits per heavy atom. The molecular weight excluding hydrogens is 208 g/mol. The molecule has 0 amide bonds. The van der Waals surface area contributed by atoms with Gasteiger partial charge in [0.05, 0.1) is 0 Å². The maximum absolute atomic E-state index is 9.60. The van der Waals surface area contributed by atoms with E-state index in [-0.39, 0.29) is 0 Å². The lowest BCUT2D eigenvalue weighted by Gasteiger charge is -2.15. The first kappa shape index (κ1) is 11.7. The van der Waals surface area contributed by atoms with Crippen molar-refractivity contribution < 1.29 is 5.11 Å². The molecule has 1 N–H and O–H groups in total. The number of phenolic OH excluding ortho intramolecular Hbond substituents is 1. The number of aryl methyl sites for hydroxylation is 4. The summed E-state index contributed by atoms with van der Waals surface area (Å²) in [6, 6.07) is 10.0. The summed E-state index contributed by atoms with van der Waals surface area (Å²) >= 11 is 0. The lowest BCUT2D eigenvalue weighted by molar-refractivity contribution is 0.474. The standard InChI is InChI=1S/C16H18O/c1-10-6-5-7-11(2)15(10)16-12(3)8-14(17)9-13(16)4/h5-9,17H,1-4H3. The van der Waals surface area contributed by atoms with E-state index in [9.17, 15) is 5.11 Å². The van der Waals surface area contributed by atoms with Crippen LogP contribution in [0, 0.1) is 27.7 Å². The van der Waals surface area contributed by atoms with Crippen molar-refractivity contribution in [2.75, 3.05) is 0 Å². The van der Waals surface area contributed by atoms with Gasteiger partial charge in [0.2, 0.25) is 0 Å². The van der Waals surface area contributed by atoms with Gasteiger partial charge < -0.3 is 5.11 Å². The molecule has 0 bridgehead atoms. The fourth-order valence-electron chi connectivity index (χ4n) is 2.54. The van der Waals surface area contributed by atoms with Crippen LogP contribution < -0.4 is 0 Å². The van der Waals surface area contributed by atoms with Crippen LogP contribution in [0.3, 0.4) is 0 Å². The van der Waals surface area contributed by atoms with E-state index in [2.05, 4.69) is 32.0 Å². The van der Waals surface area contributed by atoms with E-state index in [1.54, 1.807) is 0 Å². The molecule has 2 aromatic rings. The van der Waals surface area contributed by atoms with Gasteiger partial charge in [-0.25, -0.2) is 0 Å². The van der Waals surface area contributed by atoms with E-state index in [1.807, 2.05) is 26.0 Å². The molecule has 0 aliphatic carbocycles. The number of hydrogen-bond donors (Lipinski definition) is 1. The summed E-state index contributed by atoms with van der Waals surface area (Å²) in [4.78, 5) is 0. The molecule has 0 aliphatic rings. The van der Waals surface area contributed by atoms with Gasteiger partial charge in [0.1, 0.15) is 5.75 Å². The van der Waals surface area contributed by atoms with Crippen molar-refractivity contribution in [1.82, 2.24) is 0 Å². The Morgan fingerprint density at radius 1 is 0.706 bits per heavy atom. The summed E-state index contributed by atoms with van der Waals surface area (Å²) in [5.74, 6) is 0.343. The van der Waals surface area contributed by atoms with Crippen LogP contribution in [0.5, 0.6) is 5.75 Å². The quantitative estimate of drug-likeness (QED) is 0.769. The van der Waals surface area contributed by atoms with E-state index in [4.69, 9.17) is 0 Å². The highest BCUT2D eigenvalue weighted by molar-refractivity contribution is 5.77. The molecule has 0 spiro atoms. The van der Waals surface area contributed by atoms with Crippen LogP contribution in [-0.2, 0) is 0 Å². The predicted molar refractivity (Wildman–Crippen MR) is 72.5 cm³/mol. The van der Waals surface area contributed by atoms with Crippen molar-refractivity contribution in [2.24, 2.45) is 0 Å². The van der Waals surface area contributed by atoms with Gasteiger partial charge in [-0.2, -0.15) is 0 Å². The van der Waals surface area contributed by atoms with Gasteiger partial charge in [0, 0.05) is 0 Å². The number of rotatable bonds is 1. The third-order valence-corrected chi connectivity index (χ3v) is 3.25. The molecule has 0 atom stereocenters. The van der Waals surface area contributed by atoms with E-state index in [1.165, 1.54) is 22.3 Å². The Balaban J connectivity index is 2.77. The van der Waals surface area contributed by atoms with E-state index < -0.39 is 0 Å². The smallest absolute Gasteiger partial charge is 0.116 e. The molecule has 88 valence electrons. The van der Waals surface area contributed by atoms with Crippen LogP contribution in [0.4, 0.5) is 0 Å². The summed E-state index contributed by atoms with van der Waals surface area (Å²) < 4.78 is 0. The van der Waals surface area contributed by atoms with E-state index in [0.717, 1.165) is 11.1 Å². The second-order valence-electron chi connectivity index (χ2n) is 4.72. The Bertz CT molecular complexity index is 524. The van der Waals surface area contributed by atoms with Gasteiger partial charge in [0.15, 0.2) is 0 Å². The molecule has 17 heavy (non-hydrogen) atoms. The van der Waals surface area contributed by atoms with Gasteiger partial charge >= 0.3 is 0 Å². The third kappa shape index (κ3) is 2.05. The number of aromatic hydroxyl groups is 1. The fourth-order valence-corrected chi connectivity index (χ4v) is 2.54. The van der Waals surface area contributed by atoms with Gasteiger partial charge in [-0.05, 0) is 73.2 Å². The SMILES string of the molecule is Cc1cccc(C)c1-c1c(C)cc(O)cc1C. The molecule has 0 saturated heterocycles. The van der Waals surface area contributed by atoms with Gasteiger partial charge in [-0.3, -0.25) is 0 Å². The second kappa shape index (κ2) is 4.25. The molecule has 0 unspecified atom stereocenters. The van der Waals surface area contributed by atoms with Crippen LogP contribution >= 0.6 is 0 Å². The topological polar surface area (TPSA) is 20.2 Å². The van der Waals surface area contributed by atoms with Gasteiger partial charge in [-0.15, -0.1) is 0 Å². The van der Waals surface area contributed by atoms with Gasteiger partial charge in [-0.1, -0.05) is 18.2 Å². The first-order chi connectivity index (χ1) is 8.00. The maximum Gasteiger partial charge on any atom is 0.116 e. The summed E-state index contributed by atoms with van der Waals surface area (Å²) in [6.45, 7) is 8.37. The van der Waals surface area contributed by atoms with Crippen LogP contribution in [-0.4, -0.2) is 5.11 Å². The number of hydrogen-bond acceptors (Lipinski definition) is 1. The van der Waals surface area contributed by atoms with E-state index >= 15 is 0 Å². The lowest BCUT2D eigenvalue weighted by atomic mass is 9.89. The van der Waals surface area contributed by atoms with Crippen molar-refractivity contribution in [3.05, 3.63) is 52.6 Å². The highest BCUT2D eigenvalue weighted by Gasteiger charge is 2.11. The molecular formula is C16H18O. The number of phenols is 1. The van der Waals surface area contributed by atoms with Crippen LogP contribution in [0.15, 0.2) is 30.3 Å². The zero-order valence-electron chi connectivity index (χ0n) is 10.8.